The number of halogens is 5. The zero-order chi connectivity index (χ0) is 21.3. The number of carbonyl (C=O) groups excluding carboxylic acids is 1. The minimum absolute atomic E-state index is 0.0548. The molecule has 1 amide bonds. The zero-order valence-electron chi connectivity index (χ0n) is 14.4. The van der Waals surface area contributed by atoms with E-state index < -0.39 is 40.2 Å². The van der Waals surface area contributed by atoms with Gasteiger partial charge in [-0.25, -0.2) is 13.5 Å². The third-order valence-corrected chi connectivity index (χ3v) is 4.45. The summed E-state index contributed by atoms with van der Waals surface area (Å²) in [7, 11) is 0. The Morgan fingerprint density at radius 3 is 2.52 bits per heavy atom. The minimum atomic E-state index is -4.70. The first-order valence-corrected chi connectivity index (χ1v) is 8.60. The number of rotatable bonds is 4. The minimum Gasteiger partial charge on any atom is -0.295 e. The highest BCUT2D eigenvalue weighted by molar-refractivity contribution is 7.15. The van der Waals surface area contributed by atoms with Crippen LogP contribution in [0, 0.1) is 6.92 Å². The number of nitrogens with one attached hydrogen (secondary N) is 1. The number of hydrogen-bond donors (Lipinski definition) is 1. The predicted molar refractivity (Wildman–Crippen MR) is 92.4 cm³/mol. The number of nitrogens with zero attached hydrogens (tertiary/aromatic N) is 4. The molecule has 7 nitrogen and oxygen atoms in total. The summed E-state index contributed by atoms with van der Waals surface area (Å²) >= 11 is 0.390. The Hall–Kier alpha value is -3.22. The molecule has 3 rings (SSSR count). The van der Waals surface area contributed by atoms with E-state index in [0.29, 0.717) is 11.3 Å². The average molecular weight is 431 g/mol. The molecule has 0 aliphatic carbocycles. The molecule has 0 aliphatic rings. The molecule has 0 fully saturated rings. The van der Waals surface area contributed by atoms with Gasteiger partial charge in [0.25, 0.3) is 12.3 Å². The standard InChI is InChI=1S/C16H10F5N5O2S/c1-7-6-10(27)11(13(28)22-15-24-23-14(29-15)12(17)18)25-26(7)9-5-3-2-4-8(9)16(19,20)21/h2-6,12H,1H3,(H,22,24,28). The lowest BCUT2D eigenvalue weighted by Crippen LogP contribution is -2.27. The second-order valence-electron chi connectivity index (χ2n) is 5.63. The van der Waals surface area contributed by atoms with Crippen LogP contribution in [0.15, 0.2) is 35.1 Å². The summed E-state index contributed by atoms with van der Waals surface area (Å²) in [6, 6.07) is 5.44. The maximum absolute atomic E-state index is 13.3. The van der Waals surface area contributed by atoms with Crippen molar-refractivity contribution in [3.05, 3.63) is 62.5 Å². The van der Waals surface area contributed by atoms with Crippen molar-refractivity contribution in [1.29, 1.82) is 0 Å². The molecule has 0 saturated heterocycles. The van der Waals surface area contributed by atoms with E-state index in [1.807, 2.05) is 0 Å². The largest absolute Gasteiger partial charge is 0.418 e. The van der Waals surface area contributed by atoms with Crippen molar-refractivity contribution in [3.8, 4) is 5.69 Å². The molecule has 0 aliphatic heterocycles. The fourth-order valence-corrected chi connectivity index (χ4v) is 2.97. The lowest BCUT2D eigenvalue weighted by molar-refractivity contribution is -0.137. The number of benzene rings is 1. The highest BCUT2D eigenvalue weighted by Crippen LogP contribution is 2.33. The molecule has 0 saturated carbocycles. The van der Waals surface area contributed by atoms with E-state index in [1.54, 1.807) is 0 Å². The van der Waals surface area contributed by atoms with Gasteiger partial charge in [-0.05, 0) is 19.1 Å². The van der Waals surface area contributed by atoms with Gasteiger partial charge in [-0.2, -0.15) is 18.3 Å². The van der Waals surface area contributed by atoms with Gasteiger partial charge in [-0.15, -0.1) is 10.2 Å². The van der Waals surface area contributed by atoms with E-state index in [-0.39, 0.29) is 16.5 Å². The van der Waals surface area contributed by atoms with Crippen molar-refractivity contribution in [2.45, 2.75) is 19.5 Å². The molecule has 0 atom stereocenters. The predicted octanol–water partition coefficient (Wildman–Crippen LogP) is 3.60. The van der Waals surface area contributed by atoms with Crippen molar-refractivity contribution >= 4 is 22.4 Å². The summed E-state index contributed by atoms with van der Waals surface area (Å²) in [5.41, 5.74) is -2.95. The molecule has 0 bridgehead atoms. The number of alkyl halides is 5. The number of aromatic nitrogens is 4. The summed E-state index contributed by atoms with van der Waals surface area (Å²) in [5, 5.41) is 11.4. The topological polar surface area (TPSA) is 89.8 Å². The summed E-state index contributed by atoms with van der Waals surface area (Å²) in [5.74, 6) is -1.12. The maximum atomic E-state index is 13.3. The number of carbonyl (C=O) groups is 1. The van der Waals surface area contributed by atoms with E-state index in [9.17, 15) is 31.5 Å². The first-order chi connectivity index (χ1) is 13.6. The molecule has 2 heterocycles. The van der Waals surface area contributed by atoms with E-state index >= 15 is 0 Å². The molecular formula is C16H10F5N5O2S. The monoisotopic (exact) mass is 431 g/mol. The molecular weight excluding hydrogens is 421 g/mol. The Morgan fingerprint density at radius 2 is 1.90 bits per heavy atom. The fraction of sp³-hybridized carbons (Fsp3) is 0.188. The number of anilines is 1. The van der Waals surface area contributed by atoms with Crippen LogP contribution in [0.5, 0.6) is 0 Å². The lowest BCUT2D eigenvalue weighted by Gasteiger charge is -2.16. The second kappa shape index (κ2) is 7.66. The molecule has 1 aromatic carbocycles. The van der Waals surface area contributed by atoms with Gasteiger partial charge in [0.15, 0.2) is 10.7 Å². The Kier molecular flexibility index (Phi) is 5.42. The van der Waals surface area contributed by atoms with Gasteiger partial charge < -0.3 is 0 Å². The maximum Gasteiger partial charge on any atom is 0.418 e. The summed E-state index contributed by atoms with van der Waals surface area (Å²) < 4.78 is 65.8. The van der Waals surface area contributed by atoms with Gasteiger partial charge in [-0.1, -0.05) is 23.5 Å². The van der Waals surface area contributed by atoms with Gasteiger partial charge in [0.05, 0.1) is 11.3 Å². The summed E-state index contributed by atoms with van der Waals surface area (Å²) in [6.45, 7) is 1.35. The molecule has 1 N–H and O–H groups in total. The molecule has 0 spiro atoms. The summed E-state index contributed by atoms with van der Waals surface area (Å²) in [6.07, 6.45) is -7.60. The van der Waals surface area contributed by atoms with E-state index in [1.165, 1.54) is 19.1 Å². The van der Waals surface area contributed by atoms with Crippen molar-refractivity contribution in [2.75, 3.05) is 5.32 Å². The number of aryl methyl sites for hydroxylation is 1. The normalized spacial score (nSPS) is 11.7. The van der Waals surface area contributed by atoms with Crippen LogP contribution in [0.3, 0.4) is 0 Å². The molecule has 2 aromatic heterocycles. The lowest BCUT2D eigenvalue weighted by atomic mass is 10.1. The second-order valence-corrected chi connectivity index (χ2v) is 6.63. The van der Waals surface area contributed by atoms with Crippen LogP contribution < -0.4 is 10.7 Å². The first-order valence-electron chi connectivity index (χ1n) is 7.78. The van der Waals surface area contributed by atoms with Crippen LogP contribution in [0.25, 0.3) is 5.69 Å². The Bertz CT molecular complexity index is 1130. The third-order valence-electron chi connectivity index (χ3n) is 3.61. The van der Waals surface area contributed by atoms with Crippen LogP contribution in [-0.4, -0.2) is 25.9 Å². The Labute approximate surface area is 162 Å². The highest BCUT2D eigenvalue weighted by Gasteiger charge is 2.34. The van der Waals surface area contributed by atoms with Crippen LogP contribution in [0.2, 0.25) is 0 Å². The Balaban J connectivity index is 2.03. The van der Waals surface area contributed by atoms with Crippen LogP contribution in [-0.2, 0) is 6.18 Å². The van der Waals surface area contributed by atoms with E-state index in [0.717, 1.165) is 22.9 Å². The number of amides is 1. The molecule has 3 aromatic rings. The van der Waals surface area contributed by atoms with Gasteiger partial charge >= 0.3 is 6.18 Å². The SMILES string of the molecule is Cc1cc(=O)c(C(=O)Nc2nnc(C(F)F)s2)nn1-c1ccccc1C(F)(F)F. The van der Waals surface area contributed by atoms with Crippen LogP contribution in [0.4, 0.5) is 27.1 Å². The number of para-hydroxylation sites is 1. The summed E-state index contributed by atoms with van der Waals surface area (Å²) in [4.78, 5) is 24.5. The van der Waals surface area contributed by atoms with Gasteiger partial charge in [0, 0.05) is 11.8 Å². The zero-order valence-corrected chi connectivity index (χ0v) is 15.2. The van der Waals surface area contributed by atoms with Gasteiger partial charge in [0.1, 0.15) is 0 Å². The molecule has 152 valence electrons. The first kappa shape index (κ1) is 20.5. The van der Waals surface area contributed by atoms with E-state index in [2.05, 4.69) is 20.6 Å². The Morgan fingerprint density at radius 1 is 1.21 bits per heavy atom. The van der Waals surface area contributed by atoms with Crippen molar-refractivity contribution in [3.63, 3.8) is 0 Å². The van der Waals surface area contributed by atoms with Gasteiger partial charge in [0.2, 0.25) is 10.6 Å². The molecule has 29 heavy (non-hydrogen) atoms. The van der Waals surface area contributed by atoms with Crippen molar-refractivity contribution in [2.24, 2.45) is 0 Å². The highest BCUT2D eigenvalue weighted by atomic mass is 32.1. The number of hydrogen-bond acceptors (Lipinski definition) is 6. The van der Waals surface area contributed by atoms with Gasteiger partial charge in [-0.3, -0.25) is 14.9 Å². The molecule has 0 radical (unpaired) electrons. The average Bonchev–Trinajstić information content (AvgIpc) is 3.10. The van der Waals surface area contributed by atoms with Crippen molar-refractivity contribution < 1.29 is 26.7 Å². The van der Waals surface area contributed by atoms with E-state index in [4.69, 9.17) is 0 Å². The quantitative estimate of drug-likeness (QED) is 0.638. The molecule has 0 unspecified atom stereocenters. The van der Waals surface area contributed by atoms with Crippen molar-refractivity contribution in [1.82, 2.24) is 20.0 Å². The van der Waals surface area contributed by atoms with Crippen LogP contribution >= 0.6 is 11.3 Å². The smallest absolute Gasteiger partial charge is 0.295 e. The third kappa shape index (κ3) is 4.29. The molecule has 13 heteroatoms. The van der Waals surface area contributed by atoms with Crippen LogP contribution in [0.1, 0.15) is 33.2 Å². The fourth-order valence-electron chi connectivity index (χ4n) is 2.38.